The molecule has 0 radical (unpaired) electrons. The number of phosphoric acid groups is 1. The first-order valence-corrected chi connectivity index (χ1v) is 25.6. The lowest BCUT2D eigenvalue weighted by atomic mass is 10.0. The van der Waals surface area contributed by atoms with Gasteiger partial charge in [-0.25, -0.2) is 4.57 Å². The number of phosphoric ester groups is 1. The number of esters is 1. The van der Waals surface area contributed by atoms with Gasteiger partial charge in [0.15, 0.2) is 0 Å². The molecule has 0 aliphatic carbocycles. The van der Waals surface area contributed by atoms with Crippen LogP contribution in [-0.2, 0) is 27.9 Å². The van der Waals surface area contributed by atoms with Crippen molar-refractivity contribution >= 4 is 13.8 Å². The molecule has 0 aliphatic heterocycles. The SMILES string of the molecule is CC/C=C\C/C=C\C/C=C\C/C=C\CCCCCCCCCCCCC(=O)OC(COCCCCCCCCCCCCCCCCC)COP(=O)(O)OCC(O)CO. The maximum Gasteiger partial charge on any atom is 0.472 e. The first-order valence-electron chi connectivity index (χ1n) is 24.1. The summed E-state index contributed by atoms with van der Waals surface area (Å²) in [6, 6.07) is 0. The highest BCUT2D eigenvalue weighted by molar-refractivity contribution is 7.47. The molecule has 0 amide bonds. The van der Waals surface area contributed by atoms with Crippen molar-refractivity contribution in [2.24, 2.45) is 0 Å². The summed E-state index contributed by atoms with van der Waals surface area (Å²) in [5.41, 5.74) is 0. The summed E-state index contributed by atoms with van der Waals surface area (Å²) in [7, 11) is -4.52. The molecule has 0 fully saturated rings. The lowest BCUT2D eigenvalue weighted by Crippen LogP contribution is -2.29. The molecule has 0 aromatic rings. The van der Waals surface area contributed by atoms with Crippen LogP contribution >= 0.6 is 7.82 Å². The Kier molecular flexibility index (Phi) is 44.7. The zero-order valence-electron chi connectivity index (χ0n) is 38.0. The largest absolute Gasteiger partial charge is 0.472 e. The van der Waals surface area contributed by atoms with E-state index in [1.54, 1.807) is 0 Å². The molecule has 0 aliphatic rings. The Morgan fingerprint density at radius 2 is 0.966 bits per heavy atom. The number of hydrogen-bond donors (Lipinski definition) is 3. The van der Waals surface area contributed by atoms with Crippen LogP contribution in [0.4, 0.5) is 0 Å². The van der Waals surface area contributed by atoms with Crippen LogP contribution in [0, 0.1) is 0 Å². The number of carbonyl (C=O) groups excluding carboxylic acids is 1. The smallest absolute Gasteiger partial charge is 0.457 e. The molecule has 0 spiro atoms. The highest BCUT2D eigenvalue weighted by Crippen LogP contribution is 2.43. The minimum atomic E-state index is -4.52. The maximum absolute atomic E-state index is 12.7. The standard InChI is InChI=1S/C49H91O9P/c1-3-5-7-9-11-13-15-17-19-20-21-22-23-24-25-26-27-29-31-33-35-37-39-41-49(52)58-48(46-57-59(53,54)56-44-47(51)43-50)45-55-42-40-38-36-34-32-30-28-18-16-14-12-10-8-6-4-2/h5,7,11,13,17,19,21-22,47-48,50-51H,3-4,6,8-10,12,14-16,18,20,23-46H2,1-2H3,(H,53,54)/b7-5-,13-11-,19-17-,22-21-. The summed E-state index contributed by atoms with van der Waals surface area (Å²) in [5.74, 6) is -0.385. The van der Waals surface area contributed by atoms with Crippen molar-refractivity contribution in [2.45, 2.75) is 225 Å². The number of unbranched alkanes of at least 4 members (excludes halogenated alkanes) is 24. The summed E-state index contributed by atoms with van der Waals surface area (Å²) < 4.78 is 33.5. The zero-order valence-corrected chi connectivity index (χ0v) is 38.9. The van der Waals surface area contributed by atoms with E-state index in [4.69, 9.17) is 23.6 Å². The number of rotatable bonds is 46. The molecule has 0 rings (SSSR count). The second kappa shape index (κ2) is 45.9. The molecular weight excluding hydrogens is 764 g/mol. The quantitative estimate of drug-likeness (QED) is 0.0237. The first-order chi connectivity index (χ1) is 28.8. The monoisotopic (exact) mass is 855 g/mol. The topological polar surface area (TPSA) is 132 Å². The molecule has 3 unspecified atom stereocenters. The van der Waals surface area contributed by atoms with Crippen LogP contribution in [0.25, 0.3) is 0 Å². The molecule has 9 nitrogen and oxygen atoms in total. The number of aliphatic hydroxyl groups excluding tert-OH is 2. The van der Waals surface area contributed by atoms with Crippen molar-refractivity contribution in [1.29, 1.82) is 0 Å². The Bertz CT molecular complexity index is 1060. The van der Waals surface area contributed by atoms with Crippen molar-refractivity contribution < 1.29 is 43.0 Å². The van der Waals surface area contributed by atoms with Gasteiger partial charge < -0.3 is 24.6 Å². The molecule has 3 N–H and O–H groups in total. The first kappa shape index (κ1) is 57.4. The third kappa shape index (κ3) is 45.8. The number of allylic oxidation sites excluding steroid dienone is 8. The normalized spacial score (nSPS) is 14.3. The number of aliphatic hydroxyl groups is 2. The molecule has 0 saturated carbocycles. The van der Waals surface area contributed by atoms with Crippen LogP contribution in [0.5, 0.6) is 0 Å². The van der Waals surface area contributed by atoms with Gasteiger partial charge in [0.05, 0.1) is 26.4 Å². The van der Waals surface area contributed by atoms with Crippen molar-refractivity contribution in [1.82, 2.24) is 0 Å². The van der Waals surface area contributed by atoms with Crippen LogP contribution in [0.1, 0.15) is 213 Å². The minimum Gasteiger partial charge on any atom is -0.457 e. The Balaban J connectivity index is 4.08. The van der Waals surface area contributed by atoms with E-state index < -0.39 is 33.2 Å². The molecule has 10 heteroatoms. The average molecular weight is 855 g/mol. The van der Waals surface area contributed by atoms with Gasteiger partial charge in [-0.3, -0.25) is 13.8 Å². The fourth-order valence-corrected chi connectivity index (χ4v) is 7.43. The minimum absolute atomic E-state index is 0.0496. The molecule has 0 saturated heterocycles. The fourth-order valence-electron chi connectivity index (χ4n) is 6.64. The van der Waals surface area contributed by atoms with Gasteiger partial charge in [0.1, 0.15) is 12.2 Å². The molecule has 346 valence electrons. The summed E-state index contributed by atoms with van der Waals surface area (Å²) in [6.07, 6.45) is 52.1. The van der Waals surface area contributed by atoms with Crippen molar-refractivity contribution in [2.75, 3.05) is 33.0 Å². The molecule has 59 heavy (non-hydrogen) atoms. The van der Waals surface area contributed by atoms with Crippen LogP contribution in [0.2, 0.25) is 0 Å². The number of carbonyl (C=O) groups is 1. The molecule has 0 bridgehead atoms. The number of hydrogen-bond acceptors (Lipinski definition) is 8. The lowest BCUT2D eigenvalue weighted by Gasteiger charge is -2.20. The molecule has 0 heterocycles. The van der Waals surface area contributed by atoms with Crippen molar-refractivity contribution in [3.05, 3.63) is 48.6 Å². The van der Waals surface area contributed by atoms with Gasteiger partial charge in [0.25, 0.3) is 0 Å². The van der Waals surface area contributed by atoms with E-state index in [2.05, 4.69) is 62.5 Å². The van der Waals surface area contributed by atoms with Crippen molar-refractivity contribution in [3.8, 4) is 0 Å². The Morgan fingerprint density at radius 3 is 1.46 bits per heavy atom. The predicted octanol–water partition coefficient (Wildman–Crippen LogP) is 13.8. The predicted molar refractivity (Wildman–Crippen MR) is 247 cm³/mol. The Labute approximate surface area is 362 Å². The third-order valence-corrected chi connectivity index (χ3v) is 11.2. The van der Waals surface area contributed by atoms with Gasteiger partial charge in [-0.15, -0.1) is 0 Å². The van der Waals surface area contributed by atoms with E-state index in [0.717, 1.165) is 70.6 Å². The van der Waals surface area contributed by atoms with Gasteiger partial charge in [-0.05, 0) is 51.4 Å². The number of ether oxygens (including phenoxy) is 2. The summed E-state index contributed by atoms with van der Waals surface area (Å²) in [4.78, 5) is 22.7. The van der Waals surface area contributed by atoms with E-state index in [1.807, 2.05) is 0 Å². The van der Waals surface area contributed by atoms with E-state index in [0.29, 0.717) is 6.61 Å². The maximum atomic E-state index is 12.7. The second-order valence-electron chi connectivity index (χ2n) is 16.1. The summed E-state index contributed by atoms with van der Waals surface area (Å²) in [5, 5.41) is 18.4. The summed E-state index contributed by atoms with van der Waals surface area (Å²) in [6.45, 7) is 3.43. The van der Waals surface area contributed by atoms with Gasteiger partial charge in [-0.1, -0.05) is 204 Å². The van der Waals surface area contributed by atoms with Gasteiger partial charge >= 0.3 is 13.8 Å². The third-order valence-electron chi connectivity index (χ3n) is 10.3. The van der Waals surface area contributed by atoms with Crippen LogP contribution in [0.15, 0.2) is 48.6 Å². The molecular formula is C49H91O9P. The molecule has 0 aromatic heterocycles. The Morgan fingerprint density at radius 1 is 0.542 bits per heavy atom. The highest BCUT2D eigenvalue weighted by Gasteiger charge is 2.26. The van der Waals surface area contributed by atoms with Gasteiger partial charge in [0.2, 0.25) is 0 Å². The van der Waals surface area contributed by atoms with Crippen LogP contribution < -0.4 is 0 Å². The van der Waals surface area contributed by atoms with E-state index in [-0.39, 0.29) is 25.6 Å². The highest BCUT2D eigenvalue weighted by atomic mass is 31.2. The summed E-state index contributed by atoms with van der Waals surface area (Å²) >= 11 is 0. The fraction of sp³-hybridized carbons (Fsp3) is 0.816. The van der Waals surface area contributed by atoms with Crippen LogP contribution in [-0.4, -0.2) is 66.3 Å². The lowest BCUT2D eigenvalue weighted by molar-refractivity contribution is -0.154. The van der Waals surface area contributed by atoms with Crippen molar-refractivity contribution in [3.63, 3.8) is 0 Å². The second-order valence-corrected chi connectivity index (χ2v) is 17.6. The molecule has 3 atom stereocenters. The molecule has 0 aromatic carbocycles. The van der Waals surface area contributed by atoms with Crippen LogP contribution in [0.3, 0.4) is 0 Å². The van der Waals surface area contributed by atoms with Gasteiger partial charge in [-0.2, -0.15) is 0 Å². The average Bonchev–Trinajstić information content (AvgIpc) is 3.23. The Hall–Kier alpha value is -1.58. The van der Waals surface area contributed by atoms with E-state index >= 15 is 0 Å². The van der Waals surface area contributed by atoms with E-state index in [1.165, 1.54) is 122 Å². The van der Waals surface area contributed by atoms with Gasteiger partial charge in [0, 0.05) is 13.0 Å². The van der Waals surface area contributed by atoms with E-state index in [9.17, 15) is 19.4 Å². The zero-order chi connectivity index (χ0) is 43.2.